The van der Waals surface area contributed by atoms with Gasteiger partial charge >= 0.3 is 0 Å². The van der Waals surface area contributed by atoms with Crippen molar-refractivity contribution >= 4 is 35.0 Å². The molecule has 0 unspecified atom stereocenters. The van der Waals surface area contributed by atoms with Gasteiger partial charge in [0.15, 0.2) is 0 Å². The topological polar surface area (TPSA) is 77.2 Å². The van der Waals surface area contributed by atoms with Crippen LogP contribution >= 0.6 is 23.4 Å². The van der Waals surface area contributed by atoms with Gasteiger partial charge in [0.1, 0.15) is 16.5 Å². The number of carbonyl (C=O) groups is 1. The minimum absolute atomic E-state index is 0.276. The Morgan fingerprint density at radius 2 is 2.15 bits per heavy atom. The predicted octanol–water partition coefficient (Wildman–Crippen LogP) is 4.89. The summed E-state index contributed by atoms with van der Waals surface area (Å²) in [6.07, 6.45) is 1.65. The number of anilines is 1. The third kappa shape index (κ3) is 4.61. The number of ether oxygens (including phenoxy) is 1. The highest BCUT2D eigenvalue weighted by Gasteiger charge is 2.16. The van der Waals surface area contributed by atoms with Gasteiger partial charge in [-0.1, -0.05) is 28.5 Å². The van der Waals surface area contributed by atoms with Gasteiger partial charge in [0, 0.05) is 29.1 Å². The van der Waals surface area contributed by atoms with Crippen LogP contribution in [-0.4, -0.2) is 23.2 Å². The van der Waals surface area contributed by atoms with Gasteiger partial charge in [-0.25, -0.2) is 4.98 Å². The molecule has 0 fully saturated rings. The Bertz CT molecular complexity index is 975. The van der Waals surface area contributed by atoms with Crippen molar-refractivity contribution in [3.05, 3.63) is 64.1 Å². The van der Waals surface area contributed by atoms with Crippen LogP contribution in [-0.2, 0) is 5.75 Å². The smallest absolute Gasteiger partial charge is 0.258 e. The maximum Gasteiger partial charge on any atom is 0.258 e. The van der Waals surface area contributed by atoms with E-state index >= 15 is 0 Å². The van der Waals surface area contributed by atoms with Crippen LogP contribution in [0.4, 0.5) is 5.69 Å². The Morgan fingerprint density at radius 3 is 2.85 bits per heavy atom. The molecule has 6 nitrogen and oxygen atoms in total. The number of hydrogen-bond acceptors (Lipinski definition) is 6. The van der Waals surface area contributed by atoms with Crippen molar-refractivity contribution < 1.29 is 14.1 Å². The van der Waals surface area contributed by atoms with Crippen LogP contribution in [0.5, 0.6) is 5.75 Å². The van der Waals surface area contributed by atoms with Crippen molar-refractivity contribution in [3.63, 3.8) is 0 Å². The van der Waals surface area contributed by atoms with E-state index in [1.54, 1.807) is 30.5 Å². The summed E-state index contributed by atoms with van der Waals surface area (Å²) in [6, 6.07) is 8.77. The summed E-state index contributed by atoms with van der Waals surface area (Å²) < 4.78 is 10.4. The number of thioether (sulfide) groups is 1. The molecule has 1 amide bonds. The van der Waals surface area contributed by atoms with Crippen LogP contribution in [0.25, 0.3) is 0 Å². The second kappa shape index (κ2) is 8.45. The van der Waals surface area contributed by atoms with Crippen LogP contribution in [0.1, 0.15) is 27.4 Å². The van der Waals surface area contributed by atoms with E-state index in [4.69, 9.17) is 20.9 Å². The summed E-state index contributed by atoms with van der Waals surface area (Å²) in [5.41, 5.74) is 2.66. The third-order valence-corrected chi connectivity index (χ3v) is 5.22. The predicted molar refractivity (Wildman–Crippen MR) is 106 cm³/mol. The lowest BCUT2D eigenvalue weighted by molar-refractivity contribution is 0.102. The van der Waals surface area contributed by atoms with E-state index in [-0.39, 0.29) is 5.91 Å². The summed E-state index contributed by atoms with van der Waals surface area (Å²) in [5.74, 6) is 1.52. The molecule has 0 aliphatic rings. The zero-order valence-corrected chi connectivity index (χ0v) is 16.6. The molecule has 0 aliphatic carbocycles. The first-order chi connectivity index (χ1) is 13.0. The highest BCUT2D eigenvalue weighted by Crippen LogP contribution is 2.32. The van der Waals surface area contributed by atoms with Crippen molar-refractivity contribution in [2.75, 3.05) is 12.4 Å². The number of halogens is 1. The van der Waals surface area contributed by atoms with E-state index in [9.17, 15) is 4.79 Å². The third-order valence-electron chi connectivity index (χ3n) is 3.78. The van der Waals surface area contributed by atoms with Gasteiger partial charge in [0.05, 0.1) is 24.1 Å². The number of nitrogens with zero attached hydrogens (tertiary/aromatic N) is 2. The van der Waals surface area contributed by atoms with Gasteiger partial charge in [-0.05, 0) is 37.6 Å². The molecule has 3 rings (SSSR count). The molecule has 2 heterocycles. The number of rotatable bonds is 6. The molecule has 1 N–H and O–H groups in total. The lowest BCUT2D eigenvalue weighted by atomic mass is 10.2. The first kappa shape index (κ1) is 19.3. The van der Waals surface area contributed by atoms with Crippen molar-refractivity contribution in [2.24, 2.45) is 0 Å². The number of hydrogen-bond donors (Lipinski definition) is 1. The van der Waals surface area contributed by atoms with E-state index in [2.05, 4.69) is 15.5 Å². The van der Waals surface area contributed by atoms with E-state index in [1.807, 2.05) is 19.9 Å². The first-order valence-corrected chi connectivity index (χ1v) is 9.49. The molecule has 0 atom stereocenters. The van der Waals surface area contributed by atoms with Crippen LogP contribution in [0.15, 0.2) is 46.1 Å². The fourth-order valence-corrected chi connectivity index (χ4v) is 3.45. The second-order valence-corrected chi connectivity index (χ2v) is 7.20. The van der Waals surface area contributed by atoms with Crippen molar-refractivity contribution in [1.82, 2.24) is 10.1 Å². The largest absolute Gasteiger partial charge is 0.495 e. The van der Waals surface area contributed by atoms with Gasteiger partial charge in [-0.15, -0.1) is 0 Å². The Morgan fingerprint density at radius 1 is 1.33 bits per heavy atom. The standard InChI is InChI=1S/C19H18ClN3O3S/c1-11-7-16(17(25-3)9-15(11)20)22-18(24)14-5-4-6-21-19(14)27-10-13-8-12(2)26-23-13/h4-9H,10H2,1-3H3,(H,22,24). The normalized spacial score (nSPS) is 10.7. The van der Waals surface area contributed by atoms with E-state index in [0.717, 1.165) is 17.0 Å². The molecule has 0 aliphatic heterocycles. The van der Waals surface area contributed by atoms with Crippen molar-refractivity contribution in [1.29, 1.82) is 0 Å². The molecule has 0 saturated heterocycles. The van der Waals surface area contributed by atoms with Crippen molar-refractivity contribution in [3.8, 4) is 5.75 Å². The SMILES string of the molecule is COc1cc(Cl)c(C)cc1NC(=O)c1cccnc1SCc1cc(C)on1. The minimum Gasteiger partial charge on any atom is -0.495 e. The molecule has 1 aromatic carbocycles. The molecule has 140 valence electrons. The first-order valence-electron chi connectivity index (χ1n) is 8.13. The highest BCUT2D eigenvalue weighted by molar-refractivity contribution is 7.98. The average Bonchev–Trinajstić information content (AvgIpc) is 3.08. The maximum atomic E-state index is 12.8. The molecule has 2 aromatic heterocycles. The number of benzene rings is 1. The second-order valence-electron chi connectivity index (χ2n) is 5.83. The van der Waals surface area contributed by atoms with Gasteiger partial charge in [0.2, 0.25) is 0 Å². The molecule has 27 heavy (non-hydrogen) atoms. The maximum absolute atomic E-state index is 12.8. The van der Waals surface area contributed by atoms with Gasteiger partial charge in [0.25, 0.3) is 5.91 Å². The molecule has 0 saturated carbocycles. The summed E-state index contributed by atoms with van der Waals surface area (Å²) >= 11 is 7.55. The monoisotopic (exact) mass is 403 g/mol. The Labute approximate surface area is 166 Å². The Kier molecular flexibility index (Phi) is 6.03. The summed E-state index contributed by atoms with van der Waals surface area (Å²) in [6.45, 7) is 3.70. The Hall–Kier alpha value is -2.51. The number of carbonyl (C=O) groups excluding carboxylic acids is 1. The van der Waals surface area contributed by atoms with E-state index in [1.165, 1.54) is 18.9 Å². The van der Waals surface area contributed by atoms with Crippen LogP contribution in [0.3, 0.4) is 0 Å². The molecule has 0 bridgehead atoms. The van der Waals surface area contributed by atoms with Crippen LogP contribution in [0.2, 0.25) is 5.02 Å². The zero-order valence-electron chi connectivity index (χ0n) is 15.1. The zero-order chi connectivity index (χ0) is 19.4. The van der Waals surface area contributed by atoms with Gasteiger partial charge < -0.3 is 14.6 Å². The van der Waals surface area contributed by atoms with Crippen LogP contribution in [0, 0.1) is 13.8 Å². The fraction of sp³-hybridized carbons (Fsp3) is 0.211. The molecule has 0 radical (unpaired) electrons. The van der Waals surface area contributed by atoms with Gasteiger partial charge in [-0.2, -0.15) is 0 Å². The minimum atomic E-state index is -0.276. The molecular formula is C19H18ClN3O3S. The van der Waals surface area contributed by atoms with Gasteiger partial charge in [-0.3, -0.25) is 4.79 Å². The number of nitrogens with one attached hydrogen (secondary N) is 1. The Balaban J connectivity index is 1.80. The van der Waals surface area contributed by atoms with Crippen LogP contribution < -0.4 is 10.1 Å². The highest BCUT2D eigenvalue weighted by atomic mass is 35.5. The quantitative estimate of drug-likeness (QED) is 0.590. The number of methoxy groups -OCH3 is 1. The lowest BCUT2D eigenvalue weighted by Crippen LogP contribution is -2.14. The van der Waals surface area contributed by atoms with Crippen molar-refractivity contribution in [2.45, 2.75) is 24.6 Å². The average molecular weight is 404 g/mol. The molecular weight excluding hydrogens is 386 g/mol. The number of aromatic nitrogens is 2. The van der Waals surface area contributed by atoms with E-state index in [0.29, 0.717) is 32.8 Å². The lowest BCUT2D eigenvalue weighted by Gasteiger charge is -2.13. The summed E-state index contributed by atoms with van der Waals surface area (Å²) in [7, 11) is 1.53. The van der Waals surface area contributed by atoms with E-state index < -0.39 is 0 Å². The molecule has 8 heteroatoms. The fourth-order valence-electron chi connectivity index (χ4n) is 2.43. The molecule has 3 aromatic rings. The number of aryl methyl sites for hydroxylation is 2. The number of amides is 1. The summed E-state index contributed by atoms with van der Waals surface area (Å²) in [4.78, 5) is 17.2. The molecule has 0 spiro atoms. The summed E-state index contributed by atoms with van der Waals surface area (Å²) in [5, 5.41) is 8.02. The number of pyridine rings is 1.